The number of ether oxygens (including phenoxy) is 1. The highest BCUT2D eigenvalue weighted by atomic mass is 16.5. The van der Waals surface area contributed by atoms with E-state index in [-0.39, 0.29) is 11.3 Å². The molecule has 2 aromatic carbocycles. The minimum Gasteiger partial charge on any atom is -0.481 e. The number of para-hydroxylation sites is 1. The predicted octanol–water partition coefficient (Wildman–Crippen LogP) is 5.01. The lowest BCUT2D eigenvalue weighted by Crippen LogP contribution is -2.48. The third-order valence-corrected chi connectivity index (χ3v) is 7.39. The van der Waals surface area contributed by atoms with Gasteiger partial charge in [-0.1, -0.05) is 55.0 Å². The zero-order valence-corrected chi connectivity index (χ0v) is 19.5. The van der Waals surface area contributed by atoms with Crippen LogP contribution >= 0.6 is 0 Å². The Balaban J connectivity index is 1.32. The van der Waals surface area contributed by atoms with E-state index >= 15 is 0 Å². The van der Waals surface area contributed by atoms with Gasteiger partial charge in [-0.15, -0.1) is 0 Å². The first-order valence-corrected chi connectivity index (χ1v) is 12.4. The molecule has 172 valence electrons. The molecule has 4 heteroatoms. The van der Waals surface area contributed by atoms with Crippen LogP contribution in [0, 0.1) is 5.41 Å². The van der Waals surface area contributed by atoms with Crippen LogP contribution < -0.4 is 10.1 Å². The van der Waals surface area contributed by atoms with Gasteiger partial charge in [-0.2, -0.15) is 0 Å². The molecular formula is C28H38N2O2. The Labute approximate surface area is 193 Å². The second kappa shape index (κ2) is 11.0. The number of hydrogen-bond donors (Lipinski definition) is 1. The third-order valence-electron chi connectivity index (χ3n) is 7.39. The summed E-state index contributed by atoms with van der Waals surface area (Å²) >= 11 is 0. The Morgan fingerprint density at radius 1 is 1.00 bits per heavy atom. The highest BCUT2D eigenvalue weighted by Crippen LogP contribution is 2.37. The molecule has 32 heavy (non-hydrogen) atoms. The van der Waals surface area contributed by atoms with Gasteiger partial charge in [0.2, 0.25) is 0 Å². The fourth-order valence-electron chi connectivity index (χ4n) is 5.22. The Morgan fingerprint density at radius 2 is 1.75 bits per heavy atom. The minimum atomic E-state index is -0.467. The van der Waals surface area contributed by atoms with Crippen molar-refractivity contribution in [2.24, 2.45) is 5.41 Å². The first-order valence-electron chi connectivity index (χ1n) is 12.4. The van der Waals surface area contributed by atoms with Crippen LogP contribution in [0.5, 0.6) is 5.75 Å². The second-order valence-corrected chi connectivity index (χ2v) is 9.72. The smallest absolute Gasteiger partial charge is 0.260 e. The van der Waals surface area contributed by atoms with Crippen LogP contribution in [0.1, 0.15) is 56.6 Å². The number of hydrogen-bond acceptors (Lipinski definition) is 3. The van der Waals surface area contributed by atoms with Gasteiger partial charge >= 0.3 is 0 Å². The molecule has 1 N–H and O–H groups in total. The molecule has 2 aromatic rings. The standard InChI is InChI=1S/C28H38N2O2/c1-23-27(31)29-22-28(16-8-7-14-25-13-5-6-15-26(25)32-23)17-20-30(21-18-28)19-9-12-24-10-3-2-4-11-24/h2-6,10-11,13,15,23H,7-9,12,14,16-22H2,1H3,(H,29,31)/t23-/m1/s1. The number of carbonyl (C=O) groups excluding carboxylic acids is 1. The number of benzene rings is 2. The largest absolute Gasteiger partial charge is 0.481 e. The number of piperidine rings is 1. The molecule has 2 heterocycles. The van der Waals surface area contributed by atoms with Crippen LogP contribution in [0.4, 0.5) is 0 Å². The maximum absolute atomic E-state index is 12.8. The summed E-state index contributed by atoms with van der Waals surface area (Å²) in [5.74, 6) is 0.860. The molecule has 0 radical (unpaired) electrons. The number of carbonyl (C=O) groups is 1. The van der Waals surface area contributed by atoms with E-state index in [0.717, 1.165) is 38.2 Å². The number of fused-ring (bicyclic) bond motifs is 1. The third kappa shape index (κ3) is 6.13. The maximum atomic E-state index is 12.8. The Hall–Kier alpha value is -2.33. The molecule has 1 fully saturated rings. The first-order chi connectivity index (χ1) is 15.6. The van der Waals surface area contributed by atoms with E-state index in [1.54, 1.807) is 0 Å². The zero-order chi connectivity index (χ0) is 22.2. The summed E-state index contributed by atoms with van der Waals surface area (Å²) in [5, 5.41) is 3.24. The average Bonchev–Trinajstić information content (AvgIpc) is 2.82. The molecule has 0 bridgehead atoms. The van der Waals surface area contributed by atoms with Crippen LogP contribution in [0.25, 0.3) is 0 Å². The highest BCUT2D eigenvalue weighted by molar-refractivity contribution is 5.80. The van der Waals surface area contributed by atoms with Gasteiger partial charge in [0.25, 0.3) is 5.91 Å². The number of nitrogens with zero attached hydrogens (tertiary/aromatic N) is 1. The van der Waals surface area contributed by atoms with Crippen molar-refractivity contribution in [1.29, 1.82) is 0 Å². The van der Waals surface area contributed by atoms with Crippen molar-refractivity contribution in [1.82, 2.24) is 10.2 Å². The van der Waals surface area contributed by atoms with Crippen molar-refractivity contribution in [3.63, 3.8) is 0 Å². The van der Waals surface area contributed by atoms with Crippen molar-refractivity contribution in [2.45, 2.75) is 64.4 Å². The summed E-state index contributed by atoms with van der Waals surface area (Å²) in [6.07, 6.45) is 8.83. The van der Waals surface area contributed by atoms with Crippen molar-refractivity contribution in [3.8, 4) is 5.75 Å². The minimum absolute atomic E-state index is 0.00467. The molecule has 0 aliphatic carbocycles. The molecule has 0 saturated carbocycles. The van der Waals surface area contributed by atoms with Gasteiger partial charge in [-0.3, -0.25) is 4.79 Å². The van der Waals surface area contributed by atoms with Crippen LogP contribution in [0.2, 0.25) is 0 Å². The SMILES string of the molecule is C[C@H]1Oc2ccccc2CCCCC2(CCN(CCCc3ccccc3)CC2)CNC1=O. The predicted molar refractivity (Wildman–Crippen MR) is 130 cm³/mol. The molecule has 1 amide bonds. The molecule has 1 atom stereocenters. The normalized spacial score (nSPS) is 22.2. The summed E-state index contributed by atoms with van der Waals surface area (Å²) in [7, 11) is 0. The van der Waals surface area contributed by atoms with Crippen LogP contribution in [0.3, 0.4) is 0 Å². The summed E-state index contributed by atoms with van der Waals surface area (Å²) in [6.45, 7) is 6.08. The van der Waals surface area contributed by atoms with Crippen molar-refractivity contribution in [3.05, 3.63) is 65.7 Å². The van der Waals surface area contributed by atoms with E-state index in [9.17, 15) is 4.79 Å². The van der Waals surface area contributed by atoms with Gasteiger partial charge in [0.05, 0.1) is 0 Å². The number of likely N-dealkylation sites (tertiary alicyclic amines) is 1. The molecule has 4 rings (SSSR count). The molecule has 2 aliphatic heterocycles. The highest BCUT2D eigenvalue weighted by Gasteiger charge is 2.35. The van der Waals surface area contributed by atoms with Gasteiger partial charge in [0.15, 0.2) is 6.10 Å². The molecule has 2 aliphatic rings. The van der Waals surface area contributed by atoms with Crippen molar-refractivity contribution < 1.29 is 9.53 Å². The van der Waals surface area contributed by atoms with Crippen molar-refractivity contribution in [2.75, 3.05) is 26.2 Å². The summed E-state index contributed by atoms with van der Waals surface area (Å²) in [6, 6.07) is 19.0. The second-order valence-electron chi connectivity index (χ2n) is 9.72. The maximum Gasteiger partial charge on any atom is 0.260 e. The molecular weight excluding hydrogens is 396 g/mol. The van der Waals surface area contributed by atoms with Gasteiger partial charge in [-0.25, -0.2) is 0 Å². The molecule has 1 saturated heterocycles. The Kier molecular flexibility index (Phi) is 7.85. The monoisotopic (exact) mass is 434 g/mol. The summed E-state index contributed by atoms with van der Waals surface area (Å²) in [4.78, 5) is 15.4. The lowest BCUT2D eigenvalue weighted by atomic mass is 9.74. The van der Waals surface area contributed by atoms with E-state index in [2.05, 4.69) is 52.7 Å². The molecule has 4 nitrogen and oxygen atoms in total. The van der Waals surface area contributed by atoms with Gasteiger partial charge in [0, 0.05) is 6.54 Å². The number of amides is 1. The van der Waals surface area contributed by atoms with E-state index in [4.69, 9.17) is 4.74 Å². The van der Waals surface area contributed by atoms with Crippen LogP contribution in [-0.4, -0.2) is 43.1 Å². The van der Waals surface area contributed by atoms with Crippen molar-refractivity contribution >= 4 is 5.91 Å². The molecule has 1 spiro atoms. The lowest BCUT2D eigenvalue weighted by molar-refractivity contribution is -0.128. The summed E-state index contributed by atoms with van der Waals surface area (Å²) in [5.41, 5.74) is 2.88. The summed E-state index contributed by atoms with van der Waals surface area (Å²) < 4.78 is 6.03. The molecule has 0 unspecified atom stereocenters. The van der Waals surface area contributed by atoms with Gasteiger partial charge in [0.1, 0.15) is 5.75 Å². The Bertz CT molecular complexity index is 859. The van der Waals surface area contributed by atoms with Crippen LogP contribution in [-0.2, 0) is 17.6 Å². The lowest BCUT2D eigenvalue weighted by Gasteiger charge is -2.42. The fourth-order valence-corrected chi connectivity index (χ4v) is 5.22. The average molecular weight is 435 g/mol. The first kappa shape index (κ1) is 22.8. The number of nitrogens with one attached hydrogen (secondary N) is 1. The topological polar surface area (TPSA) is 41.6 Å². The van der Waals surface area contributed by atoms with E-state index in [0.29, 0.717) is 0 Å². The van der Waals surface area contributed by atoms with Gasteiger partial charge < -0.3 is 15.0 Å². The number of rotatable bonds is 4. The van der Waals surface area contributed by atoms with Gasteiger partial charge in [-0.05, 0) is 94.1 Å². The van der Waals surface area contributed by atoms with E-state index in [1.165, 1.54) is 56.2 Å². The Morgan fingerprint density at radius 3 is 2.56 bits per heavy atom. The fraction of sp³-hybridized carbons (Fsp3) is 0.536. The molecule has 0 aromatic heterocycles. The van der Waals surface area contributed by atoms with Crippen LogP contribution in [0.15, 0.2) is 54.6 Å². The van der Waals surface area contributed by atoms with E-state index in [1.807, 2.05) is 19.1 Å². The quantitative estimate of drug-likeness (QED) is 0.735. The number of aryl methyl sites for hydroxylation is 2. The van der Waals surface area contributed by atoms with E-state index < -0.39 is 6.10 Å². The zero-order valence-electron chi connectivity index (χ0n) is 19.5.